The first kappa shape index (κ1) is 17.6. The summed E-state index contributed by atoms with van der Waals surface area (Å²) in [6, 6.07) is 10.8. The number of oxime groups is 1. The van der Waals surface area contributed by atoms with Crippen LogP contribution in [-0.4, -0.2) is 30.8 Å². The first-order valence-electron chi connectivity index (χ1n) is 7.96. The molecule has 0 aromatic heterocycles. The highest BCUT2D eigenvalue weighted by Gasteiger charge is 2.29. The maximum absolute atomic E-state index is 13.3. The molecule has 134 valence electrons. The van der Waals surface area contributed by atoms with Gasteiger partial charge in [-0.3, -0.25) is 4.79 Å². The van der Waals surface area contributed by atoms with Gasteiger partial charge in [0.2, 0.25) is 6.10 Å². The van der Waals surface area contributed by atoms with Crippen molar-refractivity contribution >= 4 is 23.3 Å². The first-order valence-corrected chi connectivity index (χ1v) is 7.96. The number of aryl methyl sites for hydroxylation is 1. The van der Waals surface area contributed by atoms with E-state index in [9.17, 15) is 14.0 Å². The number of anilines is 1. The molecule has 1 atom stereocenters. The van der Waals surface area contributed by atoms with Crippen molar-refractivity contribution in [1.29, 1.82) is 0 Å². The summed E-state index contributed by atoms with van der Waals surface area (Å²) in [4.78, 5) is 29.1. The number of nitrogens with zero attached hydrogens (tertiary/aromatic N) is 1. The lowest BCUT2D eigenvalue weighted by molar-refractivity contribution is -0.125. The first-order chi connectivity index (χ1) is 12.5. The third kappa shape index (κ3) is 3.72. The van der Waals surface area contributed by atoms with Crippen LogP contribution in [0.4, 0.5) is 10.1 Å². The van der Waals surface area contributed by atoms with Gasteiger partial charge in [0.05, 0.1) is 18.4 Å². The van der Waals surface area contributed by atoms with Crippen LogP contribution >= 0.6 is 0 Å². The molecule has 3 rings (SSSR count). The Balaban J connectivity index is 1.66. The largest absolute Gasteiger partial charge is 0.465 e. The van der Waals surface area contributed by atoms with Gasteiger partial charge in [0.15, 0.2) is 0 Å². The van der Waals surface area contributed by atoms with E-state index in [4.69, 9.17) is 4.84 Å². The monoisotopic (exact) mass is 356 g/mol. The fourth-order valence-electron chi connectivity index (χ4n) is 2.62. The molecular weight excluding hydrogens is 339 g/mol. The maximum atomic E-state index is 13.3. The predicted octanol–water partition coefficient (Wildman–Crippen LogP) is 3.05. The fraction of sp³-hybridized carbons (Fsp3) is 0.211. The number of carbonyl (C=O) groups is 2. The minimum absolute atomic E-state index is 0.245. The van der Waals surface area contributed by atoms with Gasteiger partial charge < -0.3 is 14.9 Å². The van der Waals surface area contributed by atoms with E-state index in [1.165, 1.54) is 19.2 Å². The van der Waals surface area contributed by atoms with Crippen LogP contribution in [0.25, 0.3) is 0 Å². The van der Waals surface area contributed by atoms with Gasteiger partial charge in [0, 0.05) is 17.7 Å². The van der Waals surface area contributed by atoms with Crippen molar-refractivity contribution in [3.8, 4) is 0 Å². The van der Waals surface area contributed by atoms with Gasteiger partial charge in [-0.1, -0.05) is 17.3 Å². The quantitative estimate of drug-likeness (QED) is 0.854. The summed E-state index contributed by atoms with van der Waals surface area (Å²) in [5.74, 6) is -1.19. The van der Waals surface area contributed by atoms with Crippen LogP contribution in [0.3, 0.4) is 0 Å². The number of hydrogen-bond acceptors (Lipinski definition) is 5. The van der Waals surface area contributed by atoms with E-state index in [0.717, 1.165) is 0 Å². The third-order valence-corrected chi connectivity index (χ3v) is 4.02. The lowest BCUT2D eigenvalue weighted by atomic mass is 10.0. The van der Waals surface area contributed by atoms with Gasteiger partial charge >= 0.3 is 5.97 Å². The Hall–Kier alpha value is -3.22. The van der Waals surface area contributed by atoms with Gasteiger partial charge in [0.25, 0.3) is 5.91 Å². The number of methoxy groups -OCH3 is 1. The number of rotatable bonds is 4. The Kier molecular flexibility index (Phi) is 4.97. The summed E-state index contributed by atoms with van der Waals surface area (Å²) in [6.45, 7) is 1.77. The van der Waals surface area contributed by atoms with Crippen LogP contribution in [0.5, 0.6) is 0 Å². The van der Waals surface area contributed by atoms with E-state index >= 15 is 0 Å². The number of esters is 1. The molecule has 0 saturated carbocycles. The van der Waals surface area contributed by atoms with Crippen molar-refractivity contribution < 1.29 is 23.6 Å². The molecule has 2 aromatic carbocycles. The molecule has 0 spiro atoms. The van der Waals surface area contributed by atoms with E-state index < -0.39 is 12.1 Å². The average molecular weight is 356 g/mol. The fourth-order valence-corrected chi connectivity index (χ4v) is 2.62. The van der Waals surface area contributed by atoms with Crippen molar-refractivity contribution in [1.82, 2.24) is 0 Å². The van der Waals surface area contributed by atoms with Crippen LogP contribution < -0.4 is 5.32 Å². The second-order valence-electron chi connectivity index (χ2n) is 5.86. The number of nitrogens with one attached hydrogen (secondary N) is 1. The molecule has 0 saturated heterocycles. The summed E-state index contributed by atoms with van der Waals surface area (Å²) in [6.07, 6.45) is -0.554. The van der Waals surface area contributed by atoms with Crippen LogP contribution in [-0.2, 0) is 14.4 Å². The molecule has 2 aromatic rings. The molecule has 1 aliphatic heterocycles. The number of amides is 1. The zero-order chi connectivity index (χ0) is 18.7. The Morgan fingerprint density at radius 1 is 1.27 bits per heavy atom. The summed E-state index contributed by atoms with van der Waals surface area (Å²) in [5, 5.41) is 6.65. The third-order valence-electron chi connectivity index (χ3n) is 4.02. The van der Waals surface area contributed by atoms with Crippen molar-refractivity contribution in [3.63, 3.8) is 0 Å². The maximum Gasteiger partial charge on any atom is 0.337 e. The topological polar surface area (TPSA) is 77.0 Å². The lowest BCUT2D eigenvalue weighted by Crippen LogP contribution is -2.28. The SMILES string of the molecule is COC(=O)c1ccc(NC(=O)[C@H]2CC(c3cccc(F)c3)=NO2)c(C)c1. The zero-order valence-electron chi connectivity index (χ0n) is 14.3. The Morgan fingerprint density at radius 2 is 2.08 bits per heavy atom. The molecular formula is C19H17FN2O4. The van der Waals surface area contributed by atoms with Gasteiger partial charge in [0.1, 0.15) is 5.82 Å². The van der Waals surface area contributed by atoms with Crippen molar-refractivity contribution in [2.45, 2.75) is 19.4 Å². The molecule has 1 amide bonds. The molecule has 1 aliphatic rings. The smallest absolute Gasteiger partial charge is 0.337 e. The van der Waals surface area contributed by atoms with Crippen LogP contribution in [0.1, 0.15) is 27.9 Å². The Bertz CT molecular complexity index is 895. The van der Waals surface area contributed by atoms with Crippen molar-refractivity contribution in [3.05, 3.63) is 65.0 Å². The highest BCUT2D eigenvalue weighted by Crippen LogP contribution is 2.21. The number of halogens is 1. The minimum atomic E-state index is -0.798. The van der Waals surface area contributed by atoms with Gasteiger partial charge in [-0.05, 0) is 42.8 Å². The zero-order valence-corrected chi connectivity index (χ0v) is 14.3. The standard InChI is InChI=1S/C19H17FN2O4/c1-11-8-13(19(24)25-2)6-7-15(11)21-18(23)17-10-16(22-26-17)12-4-3-5-14(20)9-12/h3-9,17H,10H2,1-2H3,(H,21,23)/t17-/m1/s1. The lowest BCUT2D eigenvalue weighted by Gasteiger charge is -2.12. The second-order valence-corrected chi connectivity index (χ2v) is 5.86. The van der Waals surface area contributed by atoms with E-state index in [1.807, 2.05) is 0 Å². The van der Waals surface area contributed by atoms with Crippen molar-refractivity contribution in [2.24, 2.45) is 5.16 Å². The summed E-state index contributed by atoms with van der Waals surface area (Å²) >= 11 is 0. The second kappa shape index (κ2) is 7.35. The highest BCUT2D eigenvalue weighted by atomic mass is 19.1. The number of carbonyl (C=O) groups excluding carboxylic acids is 2. The van der Waals surface area contributed by atoms with Gasteiger partial charge in [-0.25, -0.2) is 9.18 Å². The Morgan fingerprint density at radius 3 is 2.77 bits per heavy atom. The summed E-state index contributed by atoms with van der Waals surface area (Å²) < 4.78 is 18.0. The molecule has 26 heavy (non-hydrogen) atoms. The molecule has 1 heterocycles. The number of ether oxygens (including phenoxy) is 1. The molecule has 0 bridgehead atoms. The molecule has 6 nitrogen and oxygen atoms in total. The number of benzene rings is 2. The average Bonchev–Trinajstić information content (AvgIpc) is 3.13. The summed E-state index contributed by atoms with van der Waals surface area (Å²) in [5.41, 5.74) is 2.77. The van der Waals surface area contributed by atoms with E-state index in [2.05, 4.69) is 15.2 Å². The van der Waals surface area contributed by atoms with Crippen LogP contribution in [0.2, 0.25) is 0 Å². The highest BCUT2D eigenvalue weighted by molar-refractivity contribution is 6.06. The van der Waals surface area contributed by atoms with Crippen LogP contribution in [0, 0.1) is 12.7 Å². The Labute approximate surface area is 149 Å². The molecule has 0 unspecified atom stereocenters. The van der Waals surface area contributed by atoms with E-state index in [0.29, 0.717) is 28.1 Å². The van der Waals surface area contributed by atoms with Gasteiger partial charge in [-0.15, -0.1) is 0 Å². The predicted molar refractivity (Wildman–Crippen MR) is 93.6 cm³/mol. The molecule has 0 radical (unpaired) electrons. The van der Waals surface area contributed by atoms with E-state index in [-0.39, 0.29) is 18.1 Å². The van der Waals surface area contributed by atoms with E-state index in [1.54, 1.807) is 37.3 Å². The molecule has 0 aliphatic carbocycles. The minimum Gasteiger partial charge on any atom is -0.465 e. The van der Waals surface area contributed by atoms with Crippen molar-refractivity contribution in [2.75, 3.05) is 12.4 Å². The molecule has 7 heteroatoms. The normalized spacial score (nSPS) is 15.8. The molecule has 0 fully saturated rings. The molecule has 1 N–H and O–H groups in total. The summed E-state index contributed by atoms with van der Waals surface area (Å²) in [7, 11) is 1.31. The number of hydrogen-bond donors (Lipinski definition) is 1. The van der Waals surface area contributed by atoms with Gasteiger partial charge in [-0.2, -0.15) is 0 Å². The van der Waals surface area contributed by atoms with Crippen LogP contribution in [0.15, 0.2) is 47.6 Å².